The van der Waals surface area contributed by atoms with Crippen molar-refractivity contribution in [1.29, 1.82) is 0 Å². The van der Waals surface area contributed by atoms with E-state index in [4.69, 9.17) is 9.47 Å². The summed E-state index contributed by atoms with van der Waals surface area (Å²) in [4.78, 5) is 18.2. The fourth-order valence-electron chi connectivity index (χ4n) is 3.62. The van der Waals surface area contributed by atoms with Gasteiger partial charge in [0, 0.05) is 31.0 Å². The molecule has 1 unspecified atom stereocenters. The van der Waals surface area contributed by atoms with Crippen LogP contribution in [0.25, 0.3) is 0 Å². The normalized spacial score (nSPS) is 19.0. The van der Waals surface area contributed by atoms with E-state index in [1.165, 1.54) is 12.3 Å². The van der Waals surface area contributed by atoms with Gasteiger partial charge in [-0.2, -0.15) is 13.2 Å². The van der Waals surface area contributed by atoms with Crippen LogP contribution < -0.4 is 19.7 Å². The van der Waals surface area contributed by atoms with E-state index in [2.05, 4.69) is 10.3 Å². The number of nitrogens with zero attached hydrogens (tertiary/aromatic N) is 2. The lowest BCUT2D eigenvalue weighted by Gasteiger charge is -2.34. The molecule has 154 valence electrons. The number of fused-ring (bicyclic) bond motifs is 1. The fourth-order valence-corrected chi connectivity index (χ4v) is 3.62. The van der Waals surface area contributed by atoms with Gasteiger partial charge >= 0.3 is 6.18 Å². The Morgan fingerprint density at radius 3 is 2.76 bits per heavy atom. The lowest BCUT2D eigenvalue weighted by molar-refractivity contribution is -0.137. The molecule has 6 nitrogen and oxygen atoms in total. The Hall–Kier alpha value is -2.97. The lowest BCUT2D eigenvalue weighted by atomic mass is 9.96. The predicted molar refractivity (Wildman–Crippen MR) is 100 cm³/mol. The largest absolute Gasteiger partial charge is 0.486 e. The summed E-state index contributed by atoms with van der Waals surface area (Å²) in [5.74, 6) is 0.364. The highest BCUT2D eigenvalue weighted by atomic mass is 19.4. The third-order valence-corrected chi connectivity index (χ3v) is 4.99. The van der Waals surface area contributed by atoms with Crippen molar-refractivity contribution in [2.75, 3.05) is 36.5 Å². The molecule has 3 heterocycles. The molecule has 1 N–H and O–H groups in total. The average Bonchev–Trinajstić information content (AvgIpc) is 2.73. The SMILES string of the molecule is O=C(Nc1ccc2c(c1)OCCO2)C1CCCN(c2ncccc2C(F)(F)F)C1. The summed E-state index contributed by atoms with van der Waals surface area (Å²) in [5.41, 5.74) is -0.224. The van der Waals surface area contributed by atoms with Crippen molar-refractivity contribution in [1.82, 2.24) is 4.98 Å². The summed E-state index contributed by atoms with van der Waals surface area (Å²) in [5, 5.41) is 2.83. The number of benzene rings is 1. The molecule has 2 aliphatic rings. The third kappa shape index (κ3) is 4.23. The van der Waals surface area contributed by atoms with Gasteiger partial charge in [0.1, 0.15) is 19.0 Å². The number of halogens is 3. The van der Waals surface area contributed by atoms with Crippen LogP contribution in [0.15, 0.2) is 36.5 Å². The number of nitrogens with one attached hydrogen (secondary N) is 1. The third-order valence-electron chi connectivity index (χ3n) is 4.99. The maximum atomic E-state index is 13.3. The summed E-state index contributed by atoms with van der Waals surface area (Å²) >= 11 is 0. The molecule has 9 heteroatoms. The Labute approximate surface area is 165 Å². The fraction of sp³-hybridized carbons (Fsp3) is 0.400. The smallest absolute Gasteiger partial charge is 0.419 e. The second kappa shape index (κ2) is 7.81. The maximum absolute atomic E-state index is 13.3. The molecule has 29 heavy (non-hydrogen) atoms. The van der Waals surface area contributed by atoms with Gasteiger partial charge in [-0.05, 0) is 37.1 Å². The van der Waals surface area contributed by atoms with Crippen LogP contribution in [0.1, 0.15) is 18.4 Å². The van der Waals surface area contributed by atoms with Crippen molar-refractivity contribution in [3.05, 3.63) is 42.1 Å². The molecular formula is C20H20F3N3O3. The van der Waals surface area contributed by atoms with Crippen LogP contribution in [0.3, 0.4) is 0 Å². The monoisotopic (exact) mass is 407 g/mol. The Kier molecular flexibility index (Phi) is 5.21. The highest BCUT2D eigenvalue weighted by Gasteiger charge is 2.37. The Balaban J connectivity index is 1.47. The molecule has 1 aromatic carbocycles. The number of amides is 1. The number of aromatic nitrogens is 1. The highest BCUT2D eigenvalue weighted by molar-refractivity contribution is 5.93. The van der Waals surface area contributed by atoms with E-state index in [1.54, 1.807) is 23.1 Å². The van der Waals surface area contributed by atoms with Crippen LogP contribution in [-0.4, -0.2) is 37.2 Å². The Morgan fingerprint density at radius 2 is 1.97 bits per heavy atom. The van der Waals surface area contributed by atoms with Crippen LogP contribution >= 0.6 is 0 Å². The number of hydrogen-bond donors (Lipinski definition) is 1. The first-order chi connectivity index (χ1) is 13.9. The van der Waals surface area contributed by atoms with E-state index < -0.39 is 17.7 Å². The van der Waals surface area contributed by atoms with Crippen LogP contribution in [0.5, 0.6) is 11.5 Å². The molecular weight excluding hydrogens is 387 g/mol. The van der Waals surface area contributed by atoms with Crippen LogP contribution in [0, 0.1) is 5.92 Å². The zero-order valence-corrected chi connectivity index (χ0v) is 15.5. The highest BCUT2D eigenvalue weighted by Crippen LogP contribution is 2.37. The van der Waals surface area contributed by atoms with E-state index >= 15 is 0 Å². The number of ether oxygens (including phenoxy) is 2. The molecule has 0 spiro atoms. The molecule has 0 radical (unpaired) electrons. The van der Waals surface area contributed by atoms with Gasteiger partial charge in [0.25, 0.3) is 0 Å². The van der Waals surface area contributed by atoms with Crippen LogP contribution in [-0.2, 0) is 11.0 Å². The summed E-state index contributed by atoms with van der Waals surface area (Å²) in [6.07, 6.45) is -1.96. The van der Waals surface area contributed by atoms with Crippen LogP contribution in [0.4, 0.5) is 24.7 Å². The van der Waals surface area contributed by atoms with Crippen LogP contribution in [0.2, 0.25) is 0 Å². The standard InChI is InChI=1S/C20H20F3N3O3/c21-20(22,23)15-4-1-7-24-18(15)26-8-2-3-13(12-26)19(27)25-14-5-6-16-17(11-14)29-10-9-28-16/h1,4-7,11,13H,2-3,8-10,12H2,(H,25,27). The molecule has 0 bridgehead atoms. The minimum absolute atomic E-state index is 0.128. The molecule has 2 aromatic rings. The number of carbonyl (C=O) groups is 1. The van der Waals surface area contributed by atoms with Gasteiger partial charge in [-0.25, -0.2) is 4.98 Å². The van der Waals surface area contributed by atoms with Gasteiger partial charge < -0.3 is 19.7 Å². The first-order valence-corrected chi connectivity index (χ1v) is 9.39. The summed E-state index contributed by atoms with van der Waals surface area (Å²) in [6.45, 7) is 1.52. The zero-order valence-electron chi connectivity index (χ0n) is 15.5. The van der Waals surface area contributed by atoms with E-state index in [0.717, 1.165) is 6.07 Å². The van der Waals surface area contributed by atoms with Crippen molar-refractivity contribution in [2.24, 2.45) is 5.92 Å². The molecule has 0 aliphatic carbocycles. The van der Waals surface area contributed by atoms with Gasteiger partial charge in [-0.1, -0.05) is 0 Å². The van der Waals surface area contributed by atoms with Gasteiger partial charge in [-0.15, -0.1) is 0 Å². The number of pyridine rings is 1. The van der Waals surface area contributed by atoms with E-state index in [0.29, 0.717) is 49.8 Å². The minimum atomic E-state index is -4.50. The zero-order chi connectivity index (χ0) is 20.4. The molecule has 1 fully saturated rings. The topological polar surface area (TPSA) is 63.7 Å². The Bertz CT molecular complexity index is 904. The van der Waals surface area contributed by atoms with E-state index in [-0.39, 0.29) is 18.3 Å². The van der Waals surface area contributed by atoms with Crippen molar-refractivity contribution in [2.45, 2.75) is 19.0 Å². The van der Waals surface area contributed by atoms with Gasteiger partial charge in [0.2, 0.25) is 5.91 Å². The van der Waals surface area contributed by atoms with E-state index in [9.17, 15) is 18.0 Å². The lowest BCUT2D eigenvalue weighted by Crippen LogP contribution is -2.42. The first-order valence-electron chi connectivity index (χ1n) is 9.39. The van der Waals surface area contributed by atoms with Crippen molar-refractivity contribution in [3.63, 3.8) is 0 Å². The molecule has 1 amide bonds. The van der Waals surface area contributed by atoms with Crippen molar-refractivity contribution >= 4 is 17.4 Å². The number of carbonyl (C=O) groups excluding carboxylic acids is 1. The summed E-state index contributed by atoms with van der Waals surface area (Å²) in [7, 11) is 0. The number of piperidine rings is 1. The molecule has 4 rings (SSSR count). The Morgan fingerprint density at radius 1 is 1.17 bits per heavy atom. The molecule has 1 aromatic heterocycles. The molecule has 2 aliphatic heterocycles. The van der Waals surface area contributed by atoms with Crippen molar-refractivity contribution < 1.29 is 27.4 Å². The predicted octanol–water partition coefficient (Wildman–Crippen LogP) is 3.73. The second-order valence-corrected chi connectivity index (χ2v) is 7.01. The number of anilines is 2. The average molecular weight is 407 g/mol. The van der Waals surface area contributed by atoms with Gasteiger partial charge in [0.15, 0.2) is 11.5 Å². The first kappa shape index (κ1) is 19.4. The maximum Gasteiger partial charge on any atom is 0.419 e. The van der Waals surface area contributed by atoms with E-state index in [1.807, 2.05) is 0 Å². The summed E-state index contributed by atoms with van der Waals surface area (Å²) < 4.78 is 50.9. The molecule has 1 atom stereocenters. The number of rotatable bonds is 3. The molecule has 0 saturated carbocycles. The number of hydrogen-bond acceptors (Lipinski definition) is 5. The minimum Gasteiger partial charge on any atom is -0.486 e. The van der Waals surface area contributed by atoms with Crippen molar-refractivity contribution in [3.8, 4) is 11.5 Å². The summed E-state index contributed by atoms with van der Waals surface area (Å²) in [6, 6.07) is 7.41. The quantitative estimate of drug-likeness (QED) is 0.840. The second-order valence-electron chi connectivity index (χ2n) is 7.01. The number of alkyl halides is 3. The van der Waals surface area contributed by atoms with Gasteiger partial charge in [-0.3, -0.25) is 4.79 Å². The van der Waals surface area contributed by atoms with Gasteiger partial charge in [0.05, 0.1) is 11.5 Å². The molecule has 1 saturated heterocycles.